The van der Waals surface area contributed by atoms with E-state index in [4.69, 9.17) is 5.11 Å². The van der Waals surface area contributed by atoms with Crippen LogP contribution in [0.2, 0.25) is 0 Å². The normalized spacial score (nSPS) is 12.2. The summed E-state index contributed by atoms with van der Waals surface area (Å²) in [6.07, 6.45) is -0.0247. The molecule has 1 rings (SSSR count). The van der Waals surface area contributed by atoms with Gasteiger partial charge < -0.3 is 10.0 Å². The molecule has 0 radical (unpaired) electrons. The number of carboxylic acids is 1. The number of aliphatic carboxylic acids is 1. The summed E-state index contributed by atoms with van der Waals surface area (Å²) < 4.78 is 0.986. The van der Waals surface area contributed by atoms with Crippen molar-refractivity contribution in [3.8, 4) is 0 Å². The average molecular weight is 320 g/mol. The first-order chi connectivity index (χ1) is 7.91. The Kier molecular flexibility index (Phi) is 5.14. The van der Waals surface area contributed by atoms with E-state index in [1.807, 2.05) is 19.1 Å². The molecule has 0 aliphatic heterocycles. The Balaban J connectivity index is 2.60. The van der Waals surface area contributed by atoms with Gasteiger partial charge in [-0.1, -0.05) is 0 Å². The molecule has 0 fully saturated rings. The minimum atomic E-state index is -0.892. The van der Waals surface area contributed by atoms with Gasteiger partial charge in [0, 0.05) is 18.5 Å². The summed E-state index contributed by atoms with van der Waals surface area (Å²) in [7, 11) is 1.63. The van der Waals surface area contributed by atoms with E-state index in [9.17, 15) is 9.59 Å². The molecule has 17 heavy (non-hydrogen) atoms. The molecule has 1 atom stereocenters. The molecule has 1 unspecified atom stereocenters. The summed E-state index contributed by atoms with van der Waals surface area (Å²) in [4.78, 5) is 24.9. The molecule has 0 saturated carbocycles. The zero-order chi connectivity index (χ0) is 13.0. The van der Waals surface area contributed by atoms with Crippen molar-refractivity contribution in [2.45, 2.75) is 19.3 Å². The Morgan fingerprint density at radius 3 is 2.65 bits per heavy atom. The number of hydrogen-bond donors (Lipinski definition) is 1. The maximum atomic E-state index is 12.0. The fraction of sp³-hybridized carbons (Fsp3) is 0.455. The topological polar surface area (TPSA) is 57.6 Å². The second-order valence-corrected chi connectivity index (χ2v) is 6.26. The van der Waals surface area contributed by atoms with E-state index in [0.717, 1.165) is 8.66 Å². The molecule has 6 heteroatoms. The molecule has 0 saturated heterocycles. The standard InChI is InChI=1S/C11H14BrNO3S/c1-7(8-3-4-9(12)17-8)11(16)13(2)6-5-10(14)15/h3-4,7H,5-6H2,1-2H3,(H,14,15). The monoisotopic (exact) mass is 319 g/mol. The minimum absolute atomic E-state index is 0.0247. The first kappa shape index (κ1) is 14.2. The molecule has 0 spiro atoms. The van der Waals surface area contributed by atoms with Crippen molar-refractivity contribution in [2.75, 3.05) is 13.6 Å². The summed E-state index contributed by atoms with van der Waals surface area (Å²) >= 11 is 4.87. The first-order valence-corrected chi connectivity index (χ1v) is 6.74. The van der Waals surface area contributed by atoms with Gasteiger partial charge >= 0.3 is 5.97 Å². The maximum absolute atomic E-state index is 12.0. The van der Waals surface area contributed by atoms with Crippen molar-refractivity contribution in [3.05, 3.63) is 20.8 Å². The van der Waals surface area contributed by atoms with Gasteiger partial charge in [-0.15, -0.1) is 11.3 Å². The third-order valence-electron chi connectivity index (χ3n) is 2.43. The Morgan fingerprint density at radius 2 is 2.18 bits per heavy atom. The number of amides is 1. The lowest BCUT2D eigenvalue weighted by Crippen LogP contribution is -2.32. The molecule has 1 heterocycles. The van der Waals surface area contributed by atoms with Gasteiger partial charge in [-0.25, -0.2) is 0 Å². The average Bonchev–Trinajstić information content (AvgIpc) is 2.70. The number of rotatable bonds is 5. The SMILES string of the molecule is CC(C(=O)N(C)CCC(=O)O)c1ccc(Br)s1. The highest BCUT2D eigenvalue weighted by Crippen LogP contribution is 2.29. The maximum Gasteiger partial charge on any atom is 0.305 e. The predicted octanol–water partition coefficient (Wildman–Crippen LogP) is 2.55. The van der Waals surface area contributed by atoms with Gasteiger partial charge in [-0.3, -0.25) is 9.59 Å². The number of hydrogen-bond acceptors (Lipinski definition) is 3. The van der Waals surface area contributed by atoms with Crippen LogP contribution in [0.5, 0.6) is 0 Å². The van der Waals surface area contributed by atoms with Crippen LogP contribution in [0, 0.1) is 0 Å². The van der Waals surface area contributed by atoms with E-state index in [1.54, 1.807) is 7.05 Å². The van der Waals surface area contributed by atoms with Gasteiger partial charge in [0.2, 0.25) is 5.91 Å². The lowest BCUT2D eigenvalue weighted by atomic mass is 10.1. The molecule has 0 aliphatic carbocycles. The van der Waals surface area contributed by atoms with Crippen LogP contribution in [0.3, 0.4) is 0 Å². The molecule has 94 valence electrons. The molecule has 4 nitrogen and oxygen atoms in total. The first-order valence-electron chi connectivity index (χ1n) is 5.14. The Bertz CT molecular complexity index is 419. The molecule has 0 bridgehead atoms. The van der Waals surface area contributed by atoms with Crippen LogP contribution in [0.1, 0.15) is 24.1 Å². The number of likely N-dealkylation sites (N-methyl/N-ethyl adjacent to an activating group) is 1. The summed E-state index contributed by atoms with van der Waals surface area (Å²) in [6.45, 7) is 2.07. The predicted molar refractivity (Wildman–Crippen MR) is 70.3 cm³/mol. The molecule has 1 amide bonds. The molecule has 1 N–H and O–H groups in total. The van der Waals surface area contributed by atoms with Crippen LogP contribution in [0.4, 0.5) is 0 Å². The summed E-state index contributed by atoms with van der Waals surface area (Å²) in [5.74, 6) is -1.18. The van der Waals surface area contributed by atoms with E-state index >= 15 is 0 Å². The zero-order valence-electron chi connectivity index (χ0n) is 9.64. The van der Waals surface area contributed by atoms with E-state index in [2.05, 4.69) is 15.9 Å². The van der Waals surface area contributed by atoms with Gasteiger partial charge in [-0.05, 0) is 35.0 Å². The Labute approximate surface area is 112 Å². The van der Waals surface area contributed by atoms with Gasteiger partial charge in [0.1, 0.15) is 0 Å². The fourth-order valence-electron chi connectivity index (χ4n) is 1.39. The number of thiophene rings is 1. The second-order valence-electron chi connectivity index (χ2n) is 3.77. The van der Waals surface area contributed by atoms with Gasteiger partial charge in [0.25, 0.3) is 0 Å². The highest BCUT2D eigenvalue weighted by Gasteiger charge is 2.20. The molecule has 0 aromatic carbocycles. The van der Waals surface area contributed by atoms with Crippen molar-refractivity contribution in [1.82, 2.24) is 4.90 Å². The lowest BCUT2D eigenvalue weighted by molar-refractivity contribution is -0.138. The molecule has 1 aromatic rings. The number of carbonyl (C=O) groups excluding carboxylic acids is 1. The van der Waals surface area contributed by atoms with Crippen LogP contribution in [-0.4, -0.2) is 35.5 Å². The zero-order valence-corrected chi connectivity index (χ0v) is 12.0. The number of nitrogens with zero attached hydrogens (tertiary/aromatic N) is 1. The van der Waals surface area contributed by atoms with Crippen LogP contribution in [0.15, 0.2) is 15.9 Å². The highest BCUT2D eigenvalue weighted by atomic mass is 79.9. The minimum Gasteiger partial charge on any atom is -0.481 e. The lowest BCUT2D eigenvalue weighted by Gasteiger charge is -2.19. The Hall–Kier alpha value is -0.880. The smallest absolute Gasteiger partial charge is 0.305 e. The highest BCUT2D eigenvalue weighted by molar-refractivity contribution is 9.11. The van der Waals surface area contributed by atoms with Crippen LogP contribution in [0.25, 0.3) is 0 Å². The van der Waals surface area contributed by atoms with E-state index in [-0.39, 0.29) is 24.8 Å². The van der Waals surface area contributed by atoms with Gasteiger partial charge in [-0.2, -0.15) is 0 Å². The molecular weight excluding hydrogens is 306 g/mol. The van der Waals surface area contributed by atoms with Gasteiger partial charge in [0.05, 0.1) is 16.1 Å². The number of halogens is 1. The van der Waals surface area contributed by atoms with Crippen molar-refractivity contribution >= 4 is 39.1 Å². The second kappa shape index (κ2) is 6.16. The van der Waals surface area contributed by atoms with Crippen molar-refractivity contribution in [1.29, 1.82) is 0 Å². The third-order valence-corrected chi connectivity index (χ3v) is 4.23. The van der Waals surface area contributed by atoms with Crippen molar-refractivity contribution in [2.24, 2.45) is 0 Å². The fourth-order valence-corrected chi connectivity index (χ4v) is 2.85. The van der Waals surface area contributed by atoms with E-state index in [1.165, 1.54) is 16.2 Å². The molecular formula is C11H14BrNO3S. The van der Waals surface area contributed by atoms with Crippen LogP contribution in [-0.2, 0) is 9.59 Å². The summed E-state index contributed by atoms with van der Waals surface area (Å²) in [5, 5.41) is 8.56. The quantitative estimate of drug-likeness (QED) is 0.907. The summed E-state index contributed by atoms with van der Waals surface area (Å²) in [5.41, 5.74) is 0. The largest absolute Gasteiger partial charge is 0.481 e. The van der Waals surface area contributed by atoms with E-state index in [0.29, 0.717) is 0 Å². The van der Waals surface area contributed by atoms with Crippen molar-refractivity contribution in [3.63, 3.8) is 0 Å². The van der Waals surface area contributed by atoms with Gasteiger partial charge in [0.15, 0.2) is 0 Å². The molecule has 0 aliphatic rings. The third kappa shape index (κ3) is 4.12. The molecule has 1 aromatic heterocycles. The van der Waals surface area contributed by atoms with Crippen molar-refractivity contribution < 1.29 is 14.7 Å². The summed E-state index contributed by atoms with van der Waals surface area (Å²) in [6, 6.07) is 3.81. The number of carboxylic acid groups (broad SMARTS) is 1. The van der Waals surface area contributed by atoms with Crippen LogP contribution >= 0.6 is 27.3 Å². The van der Waals surface area contributed by atoms with E-state index < -0.39 is 5.97 Å². The van der Waals surface area contributed by atoms with Crippen LogP contribution < -0.4 is 0 Å². The number of carbonyl (C=O) groups is 2. The Morgan fingerprint density at radius 1 is 1.53 bits per heavy atom.